The Kier molecular flexibility index (Phi) is 6.54. The minimum atomic E-state index is -0.894. The number of rotatable bonds is 3. The first kappa shape index (κ1) is 21.7. The molecule has 0 saturated carbocycles. The summed E-state index contributed by atoms with van der Waals surface area (Å²) in [7, 11) is 1.73. The molecule has 2 N–H and O–H groups in total. The van der Waals surface area contributed by atoms with Gasteiger partial charge in [0.25, 0.3) is 5.91 Å². The van der Waals surface area contributed by atoms with E-state index < -0.39 is 6.17 Å². The van der Waals surface area contributed by atoms with Crippen LogP contribution in [0.2, 0.25) is 5.02 Å². The lowest BCUT2D eigenvalue weighted by Crippen LogP contribution is -2.47. The molecule has 1 heterocycles. The van der Waals surface area contributed by atoms with Gasteiger partial charge in [-0.3, -0.25) is 4.79 Å². The minimum absolute atomic E-state index is 0.221. The van der Waals surface area contributed by atoms with Gasteiger partial charge in [-0.1, -0.05) is 48.0 Å². The lowest BCUT2D eigenvalue weighted by Gasteiger charge is -2.22. The van der Waals surface area contributed by atoms with E-state index in [0.29, 0.717) is 15.8 Å². The number of fused-ring (bicyclic) bond motifs is 1. The van der Waals surface area contributed by atoms with Crippen molar-refractivity contribution in [2.75, 3.05) is 17.3 Å². The molecular formula is C23H18ClIN4OS. The van der Waals surface area contributed by atoms with Crippen molar-refractivity contribution in [3.8, 4) is 0 Å². The smallest absolute Gasteiger partial charge is 0.272 e. The van der Waals surface area contributed by atoms with Crippen LogP contribution in [-0.4, -0.2) is 29.9 Å². The first-order valence-electron chi connectivity index (χ1n) is 9.46. The number of nitrogens with one attached hydrogen (secondary N) is 2. The van der Waals surface area contributed by atoms with Gasteiger partial charge in [-0.15, -0.1) is 0 Å². The number of likely N-dealkylation sites (N-methyl/N-ethyl adjacent to an activating group) is 1. The Hall–Kier alpha value is -2.49. The molecule has 1 amide bonds. The molecule has 8 heteroatoms. The number of benzodiazepines with no additional fused rings is 1. The van der Waals surface area contributed by atoms with Crippen molar-refractivity contribution in [1.29, 1.82) is 0 Å². The molecule has 3 aromatic carbocycles. The van der Waals surface area contributed by atoms with E-state index in [1.54, 1.807) is 18.0 Å². The summed E-state index contributed by atoms with van der Waals surface area (Å²) in [5.41, 5.74) is 3.91. The molecule has 3 aromatic rings. The molecule has 0 spiro atoms. The van der Waals surface area contributed by atoms with E-state index in [4.69, 9.17) is 28.8 Å². The van der Waals surface area contributed by atoms with Gasteiger partial charge in [-0.25, -0.2) is 4.99 Å². The van der Waals surface area contributed by atoms with Crippen LogP contribution in [0.1, 0.15) is 11.1 Å². The molecule has 156 valence electrons. The predicted molar refractivity (Wildman–Crippen MR) is 139 cm³/mol. The van der Waals surface area contributed by atoms with Crippen molar-refractivity contribution in [2.45, 2.75) is 6.17 Å². The minimum Gasteiger partial charge on any atom is -0.333 e. The quantitative estimate of drug-likeness (QED) is 0.347. The Bertz CT molecular complexity index is 1190. The summed E-state index contributed by atoms with van der Waals surface area (Å²) in [5, 5.41) is 7.08. The average Bonchev–Trinajstić information content (AvgIpc) is 2.85. The first-order valence-corrected chi connectivity index (χ1v) is 11.3. The Labute approximate surface area is 204 Å². The molecule has 1 aliphatic rings. The van der Waals surface area contributed by atoms with Crippen LogP contribution in [-0.2, 0) is 4.79 Å². The Morgan fingerprint density at radius 2 is 1.87 bits per heavy atom. The molecule has 1 atom stereocenters. The zero-order valence-corrected chi connectivity index (χ0v) is 20.2. The maximum absolute atomic E-state index is 13.2. The molecule has 0 radical (unpaired) electrons. The number of halogens is 2. The number of thiocarbonyl (C=S) groups is 1. The van der Waals surface area contributed by atoms with Gasteiger partial charge in [0.15, 0.2) is 5.11 Å². The average molecular weight is 561 g/mol. The first-order chi connectivity index (χ1) is 14.9. The highest BCUT2D eigenvalue weighted by Gasteiger charge is 2.30. The van der Waals surface area contributed by atoms with Gasteiger partial charge in [0.2, 0.25) is 6.17 Å². The summed E-state index contributed by atoms with van der Waals surface area (Å²) >= 11 is 14.0. The second-order valence-corrected chi connectivity index (χ2v) is 9.00. The van der Waals surface area contributed by atoms with Crippen LogP contribution in [0, 0.1) is 3.57 Å². The summed E-state index contributed by atoms with van der Waals surface area (Å²) in [5.74, 6) is -0.221. The number of aliphatic imine (C=N–C) groups is 1. The van der Waals surface area contributed by atoms with E-state index >= 15 is 0 Å². The van der Waals surface area contributed by atoms with Crippen LogP contribution in [0.4, 0.5) is 11.4 Å². The van der Waals surface area contributed by atoms with Crippen LogP contribution in [0.3, 0.4) is 0 Å². The molecule has 0 fully saturated rings. The van der Waals surface area contributed by atoms with Gasteiger partial charge >= 0.3 is 0 Å². The molecule has 31 heavy (non-hydrogen) atoms. The molecule has 0 saturated heterocycles. The number of carbonyl (C=O) groups is 1. The van der Waals surface area contributed by atoms with Crippen molar-refractivity contribution < 1.29 is 4.79 Å². The standard InChI is InChI=1S/C23H18ClIN4OS/c1-29-19-11-10-15(24)12-18(19)20(14-6-3-2-4-7-14)27-21(22(29)30)28-23(31)26-17-9-5-8-16(25)13-17/h2-13,21H,1H3,(H2,26,28,31). The monoisotopic (exact) mass is 560 g/mol. The lowest BCUT2D eigenvalue weighted by molar-refractivity contribution is -0.119. The fourth-order valence-electron chi connectivity index (χ4n) is 3.32. The summed E-state index contributed by atoms with van der Waals surface area (Å²) < 4.78 is 1.08. The van der Waals surface area contributed by atoms with Gasteiger partial charge in [0.05, 0.1) is 11.4 Å². The third-order valence-electron chi connectivity index (χ3n) is 4.80. The molecular weight excluding hydrogens is 543 g/mol. The largest absolute Gasteiger partial charge is 0.333 e. The fourth-order valence-corrected chi connectivity index (χ4v) is 4.27. The molecule has 1 aliphatic heterocycles. The Morgan fingerprint density at radius 1 is 1.10 bits per heavy atom. The van der Waals surface area contributed by atoms with Crippen molar-refractivity contribution >= 4 is 74.5 Å². The van der Waals surface area contributed by atoms with E-state index in [2.05, 4.69) is 33.2 Å². The van der Waals surface area contributed by atoms with E-state index in [9.17, 15) is 4.79 Å². The van der Waals surface area contributed by atoms with Crippen molar-refractivity contribution in [3.05, 3.63) is 92.5 Å². The topological polar surface area (TPSA) is 56.7 Å². The molecule has 5 nitrogen and oxygen atoms in total. The van der Waals surface area contributed by atoms with Crippen LogP contribution in [0.25, 0.3) is 0 Å². The highest BCUT2D eigenvalue weighted by molar-refractivity contribution is 14.1. The maximum Gasteiger partial charge on any atom is 0.272 e. The van der Waals surface area contributed by atoms with Gasteiger partial charge in [0.1, 0.15) is 0 Å². The Balaban J connectivity index is 1.71. The van der Waals surface area contributed by atoms with Crippen molar-refractivity contribution in [3.63, 3.8) is 0 Å². The lowest BCUT2D eigenvalue weighted by atomic mass is 10.0. The summed E-state index contributed by atoms with van der Waals surface area (Å²) in [6.45, 7) is 0. The predicted octanol–water partition coefficient (Wildman–Crippen LogP) is 5.07. The highest BCUT2D eigenvalue weighted by atomic mass is 127. The number of nitrogens with zero attached hydrogens (tertiary/aromatic N) is 2. The Morgan fingerprint density at radius 3 is 2.61 bits per heavy atom. The van der Waals surface area contributed by atoms with Gasteiger partial charge in [-0.2, -0.15) is 0 Å². The molecule has 0 aromatic heterocycles. The van der Waals surface area contributed by atoms with Crippen molar-refractivity contribution in [1.82, 2.24) is 5.32 Å². The number of amides is 1. The van der Waals surface area contributed by atoms with Crippen LogP contribution in [0.15, 0.2) is 77.8 Å². The van der Waals surface area contributed by atoms with Crippen LogP contribution in [0.5, 0.6) is 0 Å². The van der Waals surface area contributed by atoms with Gasteiger partial charge in [-0.05, 0) is 71.2 Å². The fraction of sp³-hybridized carbons (Fsp3) is 0.0870. The zero-order chi connectivity index (χ0) is 22.0. The number of hydrogen-bond donors (Lipinski definition) is 2. The number of hydrogen-bond acceptors (Lipinski definition) is 3. The molecule has 0 bridgehead atoms. The van der Waals surface area contributed by atoms with E-state index in [-0.39, 0.29) is 5.91 Å². The SMILES string of the molecule is CN1C(=O)C(NC(=S)Nc2cccc(I)c2)N=C(c2ccccc2)c2cc(Cl)ccc21. The number of carbonyl (C=O) groups excluding carboxylic acids is 1. The zero-order valence-electron chi connectivity index (χ0n) is 16.5. The summed E-state index contributed by atoms with van der Waals surface area (Å²) in [4.78, 5) is 19.6. The molecule has 1 unspecified atom stereocenters. The third-order valence-corrected chi connectivity index (χ3v) is 5.92. The summed E-state index contributed by atoms with van der Waals surface area (Å²) in [6, 6.07) is 23.0. The highest BCUT2D eigenvalue weighted by Crippen LogP contribution is 2.29. The van der Waals surface area contributed by atoms with Crippen LogP contribution >= 0.6 is 46.4 Å². The second kappa shape index (κ2) is 9.33. The van der Waals surface area contributed by atoms with E-state index in [1.165, 1.54) is 0 Å². The van der Waals surface area contributed by atoms with E-state index in [0.717, 1.165) is 26.1 Å². The van der Waals surface area contributed by atoms with E-state index in [1.807, 2.05) is 66.7 Å². The maximum atomic E-state index is 13.2. The van der Waals surface area contributed by atoms with Crippen molar-refractivity contribution in [2.24, 2.45) is 4.99 Å². The van der Waals surface area contributed by atoms with Gasteiger partial charge < -0.3 is 15.5 Å². The van der Waals surface area contributed by atoms with Gasteiger partial charge in [0, 0.05) is 32.5 Å². The molecule has 0 aliphatic carbocycles. The number of anilines is 2. The molecule has 4 rings (SSSR count). The normalized spacial score (nSPS) is 15.6. The number of benzene rings is 3. The third kappa shape index (κ3) is 4.89. The summed E-state index contributed by atoms with van der Waals surface area (Å²) in [6.07, 6.45) is -0.894. The second-order valence-electron chi connectivity index (χ2n) is 6.91. The van der Waals surface area contributed by atoms with Crippen LogP contribution < -0.4 is 15.5 Å².